The average Bonchev–Trinajstić information content (AvgIpc) is 3.13. The summed E-state index contributed by atoms with van der Waals surface area (Å²) in [5, 5.41) is 13.3. The molecule has 0 atom stereocenters. The van der Waals surface area contributed by atoms with Crippen molar-refractivity contribution in [1.29, 1.82) is 0 Å². The van der Waals surface area contributed by atoms with E-state index in [9.17, 15) is 4.79 Å². The van der Waals surface area contributed by atoms with Gasteiger partial charge in [0.1, 0.15) is 12.4 Å². The Morgan fingerprint density at radius 3 is 2.56 bits per heavy atom. The number of carbonyl (C=O) groups excluding carboxylic acids is 1. The number of allylic oxidation sites excluding steroid dienone is 1. The molecule has 0 spiro atoms. The summed E-state index contributed by atoms with van der Waals surface area (Å²) in [7, 11) is 0. The normalized spacial score (nSPS) is 10.8. The van der Waals surface area contributed by atoms with E-state index in [1.54, 1.807) is 28.8 Å². The van der Waals surface area contributed by atoms with Gasteiger partial charge in [-0.25, -0.2) is 0 Å². The Morgan fingerprint density at radius 1 is 1.06 bits per heavy atom. The Labute approximate surface area is 213 Å². The first-order valence-corrected chi connectivity index (χ1v) is 11.8. The summed E-state index contributed by atoms with van der Waals surface area (Å²) in [6.45, 7) is 4.29. The van der Waals surface area contributed by atoms with Crippen LogP contribution in [0, 0.1) is 0 Å². The number of benzene rings is 2. The zero-order valence-electron chi connectivity index (χ0n) is 16.2. The highest BCUT2D eigenvalue weighted by molar-refractivity contribution is 7.99. The van der Waals surface area contributed by atoms with Crippen LogP contribution in [0.15, 0.2) is 48.1 Å². The van der Waals surface area contributed by atoms with Gasteiger partial charge in [0.15, 0.2) is 11.0 Å². The van der Waals surface area contributed by atoms with Gasteiger partial charge in [-0.1, -0.05) is 75.8 Å². The highest BCUT2D eigenvalue weighted by Crippen LogP contribution is 2.32. The van der Waals surface area contributed by atoms with Gasteiger partial charge in [0.2, 0.25) is 5.91 Å². The number of nitrogens with zero attached hydrogens (tertiary/aromatic N) is 3. The zero-order valence-corrected chi connectivity index (χ0v) is 20.8. The summed E-state index contributed by atoms with van der Waals surface area (Å²) in [5.41, 5.74) is 0.367. The molecular weight excluding hydrogens is 538 g/mol. The third-order valence-corrected chi connectivity index (χ3v) is 6.52. The third kappa shape index (κ3) is 6.47. The van der Waals surface area contributed by atoms with Gasteiger partial charge in [-0.15, -0.1) is 16.8 Å². The van der Waals surface area contributed by atoms with Gasteiger partial charge in [0.05, 0.1) is 31.5 Å². The molecule has 0 saturated carbocycles. The number of hydrogen-bond acceptors (Lipinski definition) is 5. The zero-order chi connectivity index (χ0) is 23.3. The number of carbonyl (C=O) groups is 1. The minimum atomic E-state index is -0.299. The number of thioether (sulfide) groups is 1. The minimum absolute atomic E-state index is 0.0623. The van der Waals surface area contributed by atoms with Gasteiger partial charge in [0, 0.05) is 17.6 Å². The molecule has 0 bridgehead atoms. The van der Waals surface area contributed by atoms with E-state index in [1.807, 2.05) is 0 Å². The molecule has 2 aromatic carbocycles. The van der Waals surface area contributed by atoms with E-state index in [2.05, 4.69) is 22.1 Å². The molecule has 6 nitrogen and oxygen atoms in total. The maximum absolute atomic E-state index is 12.4. The standard InChI is InChI=1S/C20H15Cl5N4O2S/c1-2-5-29-18(9-31-17-6-11(21)3-4-12(17)22)27-28-20(29)32-10-19(30)26-16-8-14(24)13(23)7-15(16)25/h2-4,6-8H,1,5,9-10H2,(H,26,30). The van der Waals surface area contributed by atoms with Crippen LogP contribution in [0.1, 0.15) is 5.82 Å². The lowest BCUT2D eigenvalue weighted by Gasteiger charge is -2.11. The van der Waals surface area contributed by atoms with Crippen LogP contribution in [0.5, 0.6) is 5.75 Å². The van der Waals surface area contributed by atoms with Crippen LogP contribution in [-0.2, 0) is 17.9 Å². The van der Waals surface area contributed by atoms with Crippen molar-refractivity contribution in [2.75, 3.05) is 11.1 Å². The molecule has 1 aromatic heterocycles. The number of ether oxygens (including phenoxy) is 1. The lowest BCUT2D eigenvalue weighted by atomic mass is 10.3. The molecule has 1 N–H and O–H groups in total. The van der Waals surface area contributed by atoms with Crippen molar-refractivity contribution in [2.24, 2.45) is 0 Å². The smallest absolute Gasteiger partial charge is 0.234 e. The van der Waals surface area contributed by atoms with Crippen LogP contribution in [-0.4, -0.2) is 26.4 Å². The van der Waals surface area contributed by atoms with Crippen molar-refractivity contribution in [1.82, 2.24) is 14.8 Å². The van der Waals surface area contributed by atoms with Gasteiger partial charge in [-0.05, 0) is 24.3 Å². The summed E-state index contributed by atoms with van der Waals surface area (Å²) in [6, 6.07) is 7.89. The molecule has 0 fully saturated rings. The largest absolute Gasteiger partial charge is 0.484 e. The monoisotopic (exact) mass is 550 g/mol. The maximum Gasteiger partial charge on any atom is 0.234 e. The van der Waals surface area contributed by atoms with E-state index in [4.69, 9.17) is 62.7 Å². The predicted molar refractivity (Wildman–Crippen MR) is 132 cm³/mol. The van der Waals surface area contributed by atoms with Crippen LogP contribution in [0.3, 0.4) is 0 Å². The number of nitrogens with one attached hydrogen (secondary N) is 1. The third-order valence-electron chi connectivity index (χ3n) is 3.97. The van der Waals surface area contributed by atoms with E-state index in [-0.39, 0.29) is 28.3 Å². The number of anilines is 1. The number of hydrogen-bond donors (Lipinski definition) is 1. The first kappa shape index (κ1) is 25.0. The fourth-order valence-electron chi connectivity index (χ4n) is 2.51. The first-order valence-electron chi connectivity index (χ1n) is 8.96. The number of aromatic nitrogens is 3. The SMILES string of the molecule is C=CCn1c(COc2cc(Cl)ccc2Cl)nnc1SCC(=O)Nc1cc(Cl)c(Cl)cc1Cl. The molecule has 12 heteroatoms. The maximum atomic E-state index is 12.4. The van der Waals surface area contributed by atoms with Gasteiger partial charge in [0.25, 0.3) is 0 Å². The quantitative estimate of drug-likeness (QED) is 0.175. The topological polar surface area (TPSA) is 69.0 Å². The lowest BCUT2D eigenvalue weighted by Crippen LogP contribution is -2.15. The Bertz CT molecular complexity index is 1160. The van der Waals surface area contributed by atoms with E-state index >= 15 is 0 Å². The van der Waals surface area contributed by atoms with Crippen LogP contribution >= 0.6 is 69.8 Å². The predicted octanol–water partition coefficient (Wildman–Crippen LogP) is 7.04. The molecule has 168 valence electrons. The molecule has 3 aromatic rings. The molecule has 0 unspecified atom stereocenters. The van der Waals surface area contributed by atoms with Crippen molar-refractivity contribution in [3.8, 4) is 5.75 Å². The fourth-order valence-corrected chi connectivity index (χ4v) is 4.20. The number of amides is 1. The van der Waals surface area contributed by atoms with Gasteiger partial charge in [-0.2, -0.15) is 0 Å². The molecular formula is C20H15Cl5N4O2S. The summed E-state index contributed by atoms with van der Waals surface area (Å²) in [4.78, 5) is 12.4. The molecule has 3 rings (SSSR count). The highest BCUT2D eigenvalue weighted by atomic mass is 35.5. The van der Waals surface area contributed by atoms with Gasteiger partial charge < -0.3 is 10.1 Å². The van der Waals surface area contributed by atoms with Crippen molar-refractivity contribution in [3.63, 3.8) is 0 Å². The van der Waals surface area contributed by atoms with Crippen molar-refractivity contribution in [2.45, 2.75) is 18.3 Å². The summed E-state index contributed by atoms with van der Waals surface area (Å²) < 4.78 is 7.53. The molecule has 0 aliphatic heterocycles. The van der Waals surface area contributed by atoms with E-state index in [0.29, 0.717) is 44.0 Å². The van der Waals surface area contributed by atoms with Crippen molar-refractivity contribution < 1.29 is 9.53 Å². The number of rotatable bonds is 9. The average molecular weight is 553 g/mol. The second-order valence-corrected chi connectivity index (χ2v) is 9.25. The molecule has 0 radical (unpaired) electrons. The molecule has 1 amide bonds. The molecule has 32 heavy (non-hydrogen) atoms. The molecule has 0 aliphatic carbocycles. The second kappa shape index (κ2) is 11.5. The first-order chi connectivity index (χ1) is 15.3. The van der Waals surface area contributed by atoms with Crippen LogP contribution < -0.4 is 10.1 Å². The summed E-state index contributed by atoms with van der Waals surface area (Å²) in [6.07, 6.45) is 1.69. The van der Waals surface area contributed by atoms with Gasteiger partial charge >= 0.3 is 0 Å². The Hall–Kier alpha value is -1.61. The van der Waals surface area contributed by atoms with E-state index in [1.165, 1.54) is 23.9 Å². The van der Waals surface area contributed by atoms with Crippen molar-refractivity contribution >= 4 is 81.4 Å². The van der Waals surface area contributed by atoms with Gasteiger partial charge in [-0.3, -0.25) is 9.36 Å². The Kier molecular flexibility index (Phi) is 8.99. The molecule has 0 aliphatic rings. The lowest BCUT2D eigenvalue weighted by molar-refractivity contribution is -0.113. The Balaban J connectivity index is 1.66. The van der Waals surface area contributed by atoms with Crippen molar-refractivity contribution in [3.05, 3.63) is 73.9 Å². The highest BCUT2D eigenvalue weighted by Gasteiger charge is 2.16. The van der Waals surface area contributed by atoms with E-state index < -0.39 is 0 Å². The summed E-state index contributed by atoms with van der Waals surface area (Å²) in [5.74, 6) is 0.732. The fraction of sp³-hybridized carbons (Fsp3) is 0.150. The van der Waals surface area contributed by atoms with Crippen LogP contribution in [0.2, 0.25) is 25.1 Å². The Morgan fingerprint density at radius 2 is 1.81 bits per heavy atom. The second-order valence-electron chi connectivity index (χ2n) is 6.24. The molecule has 0 saturated heterocycles. The molecule has 1 heterocycles. The van der Waals surface area contributed by atoms with Crippen LogP contribution in [0.25, 0.3) is 0 Å². The minimum Gasteiger partial charge on any atom is -0.484 e. The number of halogens is 5. The van der Waals surface area contributed by atoms with Crippen LogP contribution in [0.4, 0.5) is 5.69 Å². The summed E-state index contributed by atoms with van der Waals surface area (Å²) >= 11 is 31.3. The van der Waals surface area contributed by atoms with E-state index in [0.717, 1.165) is 0 Å².